The summed E-state index contributed by atoms with van der Waals surface area (Å²) < 4.78 is 0. The molecule has 0 aromatic heterocycles. The summed E-state index contributed by atoms with van der Waals surface area (Å²) >= 11 is 0. The second kappa shape index (κ2) is 1.03. The summed E-state index contributed by atoms with van der Waals surface area (Å²) in [5, 5.41) is 2.28. The van der Waals surface area contributed by atoms with Crippen LogP contribution >= 0.6 is 0 Å². The van der Waals surface area contributed by atoms with Gasteiger partial charge in [0.1, 0.15) is 0 Å². The second-order valence-electron chi connectivity index (χ2n) is 2.99. The molecule has 1 unspecified atom stereocenters. The molecule has 1 heterocycles. The number of hydrogen-bond acceptors (Lipinski definition) is 2. The van der Waals surface area contributed by atoms with Crippen molar-refractivity contribution in [1.29, 1.82) is 0 Å². The van der Waals surface area contributed by atoms with E-state index in [-0.39, 0.29) is 23.1 Å². The Morgan fingerprint density at radius 2 is 2.33 bits per heavy atom. The summed E-state index contributed by atoms with van der Waals surface area (Å²) in [6.07, 6.45) is 0.762. The molecule has 0 radical (unpaired) electrons. The molecule has 1 aliphatic carbocycles. The van der Waals surface area contributed by atoms with Gasteiger partial charge in [-0.2, -0.15) is 0 Å². The average molecular weight is 125 g/mol. The van der Waals surface area contributed by atoms with Crippen LogP contribution in [0.3, 0.4) is 0 Å². The third-order valence-electron chi connectivity index (χ3n) is 2.31. The Hall–Kier alpha value is -0.860. The lowest BCUT2D eigenvalue weighted by molar-refractivity contribution is -0.128. The lowest BCUT2D eigenvalue weighted by Gasteiger charge is -1.96. The standard InChI is InChI=1S/C6H7NO2/c1-6-2-3(6)4(8)7-5(6)9/h3H,2H2,1H3,(H,7,8,9)/t3-,6?/m1/s1. The fourth-order valence-electron chi connectivity index (χ4n) is 1.34. The zero-order valence-corrected chi connectivity index (χ0v) is 5.10. The maximum Gasteiger partial charge on any atom is 0.233 e. The molecule has 0 aromatic carbocycles. The van der Waals surface area contributed by atoms with Crippen molar-refractivity contribution in [2.24, 2.45) is 11.3 Å². The fraction of sp³-hybridized carbons (Fsp3) is 0.667. The zero-order chi connectivity index (χ0) is 6.65. The predicted molar refractivity (Wildman–Crippen MR) is 29.4 cm³/mol. The first-order chi connectivity index (χ1) is 4.14. The van der Waals surface area contributed by atoms with E-state index in [1.165, 1.54) is 0 Å². The van der Waals surface area contributed by atoms with Crippen LogP contribution in [0.1, 0.15) is 13.3 Å². The summed E-state index contributed by atoms with van der Waals surface area (Å²) in [7, 11) is 0. The van der Waals surface area contributed by atoms with Crippen LogP contribution in [0.2, 0.25) is 0 Å². The van der Waals surface area contributed by atoms with Gasteiger partial charge in [0, 0.05) is 0 Å². The van der Waals surface area contributed by atoms with Gasteiger partial charge in [-0.15, -0.1) is 0 Å². The molecule has 2 fully saturated rings. The van der Waals surface area contributed by atoms with Crippen LogP contribution in [0.15, 0.2) is 0 Å². The Morgan fingerprint density at radius 1 is 1.67 bits per heavy atom. The third kappa shape index (κ3) is 0.385. The number of hydrogen-bond donors (Lipinski definition) is 1. The Labute approximate surface area is 52.4 Å². The number of imide groups is 1. The molecule has 1 saturated heterocycles. The molecule has 2 aliphatic rings. The summed E-state index contributed by atoms with van der Waals surface area (Å²) in [6.45, 7) is 1.83. The van der Waals surface area contributed by atoms with Crippen molar-refractivity contribution in [3.05, 3.63) is 0 Å². The van der Waals surface area contributed by atoms with Crippen LogP contribution < -0.4 is 5.32 Å². The molecule has 3 nitrogen and oxygen atoms in total. The fourth-order valence-corrected chi connectivity index (χ4v) is 1.34. The van der Waals surface area contributed by atoms with E-state index in [4.69, 9.17) is 0 Å². The molecular weight excluding hydrogens is 118 g/mol. The Balaban J connectivity index is 2.38. The van der Waals surface area contributed by atoms with Crippen molar-refractivity contribution in [2.45, 2.75) is 13.3 Å². The van der Waals surface area contributed by atoms with E-state index in [0.29, 0.717) is 0 Å². The van der Waals surface area contributed by atoms with E-state index < -0.39 is 0 Å². The van der Waals surface area contributed by atoms with Gasteiger partial charge in [-0.05, 0) is 13.3 Å². The molecule has 3 heteroatoms. The van der Waals surface area contributed by atoms with Gasteiger partial charge in [0.2, 0.25) is 11.8 Å². The highest BCUT2D eigenvalue weighted by atomic mass is 16.2. The summed E-state index contributed by atoms with van der Waals surface area (Å²) in [5.74, 6) is -0.162. The van der Waals surface area contributed by atoms with Gasteiger partial charge in [0.15, 0.2) is 0 Å². The molecule has 2 atom stereocenters. The first kappa shape index (κ1) is 4.97. The van der Waals surface area contributed by atoms with E-state index >= 15 is 0 Å². The van der Waals surface area contributed by atoms with Crippen LogP contribution in [0.4, 0.5) is 0 Å². The first-order valence-electron chi connectivity index (χ1n) is 3.00. The van der Waals surface area contributed by atoms with Crippen molar-refractivity contribution in [1.82, 2.24) is 5.32 Å². The van der Waals surface area contributed by atoms with E-state index in [1.54, 1.807) is 0 Å². The van der Waals surface area contributed by atoms with E-state index in [2.05, 4.69) is 5.32 Å². The number of fused-ring (bicyclic) bond motifs is 1. The lowest BCUT2D eigenvalue weighted by atomic mass is 10.1. The minimum Gasteiger partial charge on any atom is -0.296 e. The quantitative estimate of drug-likeness (QED) is 0.450. The summed E-state index contributed by atoms with van der Waals surface area (Å²) in [6, 6.07) is 0. The third-order valence-corrected chi connectivity index (χ3v) is 2.31. The molecule has 1 saturated carbocycles. The number of carbonyl (C=O) groups excluding carboxylic acids is 2. The molecule has 2 rings (SSSR count). The van der Waals surface area contributed by atoms with Gasteiger partial charge in [-0.3, -0.25) is 14.9 Å². The average Bonchev–Trinajstić information content (AvgIpc) is 2.38. The number of carbonyl (C=O) groups is 2. The Morgan fingerprint density at radius 3 is 2.44 bits per heavy atom. The van der Waals surface area contributed by atoms with Crippen LogP contribution in [0.25, 0.3) is 0 Å². The highest BCUT2D eigenvalue weighted by molar-refractivity contribution is 6.11. The number of rotatable bonds is 0. The van der Waals surface area contributed by atoms with Gasteiger partial charge in [-0.1, -0.05) is 0 Å². The van der Waals surface area contributed by atoms with Gasteiger partial charge in [0.05, 0.1) is 11.3 Å². The van der Waals surface area contributed by atoms with Gasteiger partial charge < -0.3 is 0 Å². The minimum absolute atomic E-state index is 0.00463. The van der Waals surface area contributed by atoms with Gasteiger partial charge in [0.25, 0.3) is 0 Å². The Kier molecular flexibility index (Phi) is 0.570. The molecule has 0 aromatic rings. The maximum atomic E-state index is 10.8. The summed E-state index contributed by atoms with van der Waals surface area (Å²) in [4.78, 5) is 21.5. The molecular formula is C6H7NO2. The monoisotopic (exact) mass is 125 g/mol. The van der Waals surface area contributed by atoms with Gasteiger partial charge in [-0.25, -0.2) is 0 Å². The van der Waals surface area contributed by atoms with E-state index in [9.17, 15) is 9.59 Å². The molecule has 48 valence electrons. The molecule has 1 aliphatic heterocycles. The number of nitrogens with one attached hydrogen (secondary N) is 1. The van der Waals surface area contributed by atoms with Crippen molar-refractivity contribution in [2.75, 3.05) is 0 Å². The van der Waals surface area contributed by atoms with Crippen LogP contribution in [-0.2, 0) is 9.59 Å². The molecule has 2 amide bonds. The van der Waals surface area contributed by atoms with Crippen molar-refractivity contribution >= 4 is 11.8 Å². The van der Waals surface area contributed by atoms with Gasteiger partial charge >= 0.3 is 0 Å². The summed E-state index contributed by atoms with van der Waals surface area (Å²) in [5.41, 5.74) is -0.308. The highest BCUT2D eigenvalue weighted by Gasteiger charge is 2.65. The molecule has 9 heavy (non-hydrogen) atoms. The van der Waals surface area contributed by atoms with Crippen LogP contribution in [0.5, 0.6) is 0 Å². The predicted octanol–water partition coefficient (Wildman–Crippen LogP) is -0.331. The largest absolute Gasteiger partial charge is 0.296 e. The minimum atomic E-state index is -0.308. The molecule has 0 spiro atoms. The molecule has 1 N–H and O–H groups in total. The van der Waals surface area contributed by atoms with Crippen LogP contribution in [0, 0.1) is 11.3 Å². The van der Waals surface area contributed by atoms with Crippen molar-refractivity contribution in [3.63, 3.8) is 0 Å². The lowest BCUT2D eigenvalue weighted by Crippen LogP contribution is -2.27. The van der Waals surface area contributed by atoms with Crippen molar-refractivity contribution < 1.29 is 9.59 Å². The normalized spacial score (nSPS) is 46.6. The zero-order valence-electron chi connectivity index (χ0n) is 5.10. The second-order valence-corrected chi connectivity index (χ2v) is 2.99. The highest BCUT2D eigenvalue weighted by Crippen LogP contribution is 2.55. The van der Waals surface area contributed by atoms with Crippen LogP contribution in [-0.4, -0.2) is 11.8 Å². The first-order valence-corrected chi connectivity index (χ1v) is 3.00. The maximum absolute atomic E-state index is 10.8. The van der Waals surface area contributed by atoms with Crippen molar-refractivity contribution in [3.8, 4) is 0 Å². The number of amides is 2. The van der Waals surface area contributed by atoms with E-state index in [0.717, 1.165) is 6.42 Å². The SMILES string of the molecule is CC12C[C@@H]1C(=O)NC2=O. The number of piperidine rings is 1. The topological polar surface area (TPSA) is 46.2 Å². The van der Waals surface area contributed by atoms with E-state index in [1.807, 2.05) is 6.92 Å². The molecule has 0 bridgehead atoms. The smallest absolute Gasteiger partial charge is 0.233 e. The Bertz CT molecular complexity index is 211.